The molecule has 9 heteroatoms. The van der Waals surface area contributed by atoms with Gasteiger partial charge in [0.1, 0.15) is 35.0 Å². The van der Waals surface area contributed by atoms with Crippen LogP contribution >= 0.6 is 11.3 Å². The van der Waals surface area contributed by atoms with Gasteiger partial charge in [-0.1, -0.05) is 36.4 Å². The second-order valence-electron chi connectivity index (χ2n) is 11.1. The van der Waals surface area contributed by atoms with Gasteiger partial charge in [-0.05, 0) is 86.3 Å². The van der Waals surface area contributed by atoms with Crippen molar-refractivity contribution in [3.05, 3.63) is 97.8 Å². The summed E-state index contributed by atoms with van der Waals surface area (Å²) in [4.78, 5) is 27.9. The van der Waals surface area contributed by atoms with Crippen LogP contribution in [-0.4, -0.2) is 26.2 Å². The molecule has 2 aliphatic rings. The molecule has 1 amide bonds. The molecule has 1 unspecified atom stereocenters. The number of aliphatic hydroxyl groups is 1. The van der Waals surface area contributed by atoms with Crippen molar-refractivity contribution in [2.75, 3.05) is 0 Å². The average Bonchev–Trinajstić information content (AvgIpc) is 3.74. The van der Waals surface area contributed by atoms with E-state index in [0.29, 0.717) is 21.4 Å². The first-order valence-electron chi connectivity index (χ1n) is 13.9. The first-order chi connectivity index (χ1) is 19.8. The molecule has 0 fully saturated rings. The molecule has 0 saturated carbocycles. The van der Waals surface area contributed by atoms with Crippen molar-refractivity contribution in [2.24, 2.45) is 0 Å². The number of ether oxygens (including phenoxy) is 1. The maximum absolute atomic E-state index is 13.1. The van der Waals surface area contributed by atoms with E-state index in [4.69, 9.17) is 9.72 Å². The van der Waals surface area contributed by atoms with Gasteiger partial charge in [-0.15, -0.1) is 11.3 Å². The molecule has 0 saturated heterocycles. The van der Waals surface area contributed by atoms with Crippen molar-refractivity contribution in [2.45, 2.75) is 70.6 Å². The van der Waals surface area contributed by atoms with Crippen molar-refractivity contribution in [1.29, 1.82) is 5.26 Å². The molecule has 41 heavy (non-hydrogen) atoms. The van der Waals surface area contributed by atoms with Gasteiger partial charge in [-0.25, -0.2) is 19.7 Å². The van der Waals surface area contributed by atoms with Crippen LogP contribution in [0, 0.1) is 11.3 Å². The Morgan fingerprint density at radius 2 is 1.80 bits per heavy atom. The van der Waals surface area contributed by atoms with E-state index in [0.717, 1.165) is 49.7 Å². The Morgan fingerprint density at radius 1 is 1.10 bits per heavy atom. The average molecular weight is 566 g/mol. The third-order valence-corrected chi connectivity index (χ3v) is 9.03. The number of carbonyl (C=O) groups excluding carboxylic acids is 1. The number of benzene rings is 2. The first-order valence-corrected chi connectivity index (χ1v) is 14.7. The summed E-state index contributed by atoms with van der Waals surface area (Å²) in [6.45, 7) is 3.44. The second-order valence-corrected chi connectivity index (χ2v) is 12.2. The van der Waals surface area contributed by atoms with Crippen LogP contribution in [0.1, 0.15) is 81.8 Å². The highest BCUT2D eigenvalue weighted by molar-refractivity contribution is 7.11. The van der Waals surface area contributed by atoms with Crippen molar-refractivity contribution in [3.8, 4) is 17.5 Å². The van der Waals surface area contributed by atoms with Crippen molar-refractivity contribution >= 4 is 17.4 Å². The predicted octanol–water partition coefficient (Wildman–Crippen LogP) is 5.69. The van der Waals surface area contributed by atoms with Gasteiger partial charge in [-0.2, -0.15) is 5.26 Å². The predicted molar refractivity (Wildman–Crippen MR) is 155 cm³/mol. The first kappa shape index (κ1) is 27.1. The van der Waals surface area contributed by atoms with E-state index < -0.39 is 17.7 Å². The molecule has 2 aliphatic carbocycles. The van der Waals surface area contributed by atoms with Crippen molar-refractivity contribution in [1.82, 2.24) is 20.3 Å². The molecule has 0 bridgehead atoms. The molecule has 208 valence electrons. The Balaban J connectivity index is 1.42. The maximum atomic E-state index is 13.1. The van der Waals surface area contributed by atoms with Gasteiger partial charge in [0.25, 0.3) is 0 Å². The van der Waals surface area contributed by atoms with Crippen LogP contribution < -0.4 is 5.32 Å². The van der Waals surface area contributed by atoms with Crippen molar-refractivity contribution < 1.29 is 14.6 Å². The largest absolute Gasteiger partial charge is 0.445 e. The molecule has 2 N–H and O–H groups in total. The quantitative estimate of drug-likeness (QED) is 0.295. The Morgan fingerprint density at radius 3 is 2.44 bits per heavy atom. The maximum Gasteiger partial charge on any atom is 0.408 e. The summed E-state index contributed by atoms with van der Waals surface area (Å²) in [6.07, 6.45) is 7.19. The van der Waals surface area contributed by atoms with Gasteiger partial charge in [0, 0.05) is 11.8 Å². The van der Waals surface area contributed by atoms with Crippen LogP contribution in [0.25, 0.3) is 11.4 Å². The topological polar surface area (TPSA) is 121 Å². The molecule has 1 atom stereocenters. The summed E-state index contributed by atoms with van der Waals surface area (Å²) in [6, 6.07) is 14.9. The summed E-state index contributed by atoms with van der Waals surface area (Å²) in [5.41, 5.74) is 6.72. The number of amides is 1. The zero-order valence-corrected chi connectivity index (χ0v) is 23.9. The summed E-state index contributed by atoms with van der Waals surface area (Å²) in [5, 5.41) is 24.0. The number of nitriles is 1. The highest BCUT2D eigenvalue weighted by atomic mass is 32.1. The highest BCUT2D eigenvalue weighted by Crippen LogP contribution is 2.40. The van der Waals surface area contributed by atoms with E-state index >= 15 is 0 Å². The third-order valence-electron chi connectivity index (χ3n) is 7.66. The molecule has 0 spiro atoms. The minimum Gasteiger partial charge on any atom is -0.445 e. The Kier molecular flexibility index (Phi) is 7.28. The minimum atomic E-state index is -1.15. The van der Waals surface area contributed by atoms with Crippen LogP contribution in [-0.2, 0) is 42.6 Å². The fourth-order valence-electron chi connectivity index (χ4n) is 5.75. The van der Waals surface area contributed by atoms with Gasteiger partial charge in [0.2, 0.25) is 0 Å². The number of hydrogen-bond acceptors (Lipinski definition) is 8. The van der Waals surface area contributed by atoms with Crippen LogP contribution in [0.5, 0.6) is 0 Å². The van der Waals surface area contributed by atoms with E-state index in [9.17, 15) is 15.2 Å². The zero-order chi connectivity index (χ0) is 28.6. The lowest BCUT2D eigenvalue weighted by atomic mass is 9.93. The van der Waals surface area contributed by atoms with Gasteiger partial charge in [0.05, 0.1) is 10.6 Å². The number of fused-ring (bicyclic) bond motifs is 2. The van der Waals surface area contributed by atoms with Crippen LogP contribution in [0.15, 0.2) is 48.7 Å². The molecular weight excluding hydrogens is 534 g/mol. The summed E-state index contributed by atoms with van der Waals surface area (Å²) in [5.74, 6) is 0.521. The van der Waals surface area contributed by atoms with E-state index in [2.05, 4.69) is 27.4 Å². The lowest BCUT2D eigenvalue weighted by molar-refractivity contribution is 0.0783. The smallest absolute Gasteiger partial charge is 0.408 e. The summed E-state index contributed by atoms with van der Waals surface area (Å²) < 4.78 is 5.54. The summed E-state index contributed by atoms with van der Waals surface area (Å²) in [7, 11) is 0. The lowest BCUT2D eigenvalue weighted by Crippen LogP contribution is -2.30. The summed E-state index contributed by atoms with van der Waals surface area (Å²) >= 11 is 1.28. The van der Waals surface area contributed by atoms with Crippen LogP contribution in [0.3, 0.4) is 0 Å². The number of thiazole rings is 1. The number of aromatic nitrogens is 3. The molecule has 0 radical (unpaired) electrons. The third kappa shape index (κ3) is 5.58. The molecule has 6 rings (SSSR count). The normalized spacial score (nSPS) is 14.7. The van der Waals surface area contributed by atoms with Crippen LogP contribution in [0.2, 0.25) is 0 Å². The van der Waals surface area contributed by atoms with E-state index in [1.54, 1.807) is 26.1 Å². The number of rotatable bonds is 7. The number of nitrogens with zero attached hydrogens (tertiary/aromatic N) is 4. The molecule has 2 aromatic carbocycles. The molecular formula is C32H31N5O3S. The Hall–Kier alpha value is -4.13. The molecule has 0 aliphatic heterocycles. The molecule has 2 heterocycles. The van der Waals surface area contributed by atoms with E-state index in [1.165, 1.54) is 33.6 Å². The number of alkyl carbamates (subject to hydrolysis) is 1. The van der Waals surface area contributed by atoms with E-state index in [1.807, 2.05) is 30.3 Å². The van der Waals surface area contributed by atoms with E-state index in [-0.39, 0.29) is 12.3 Å². The monoisotopic (exact) mass is 565 g/mol. The highest BCUT2D eigenvalue weighted by Gasteiger charge is 2.30. The van der Waals surface area contributed by atoms with Gasteiger partial charge in [0.15, 0.2) is 5.82 Å². The number of nitrogens with one attached hydrogen (secondary N) is 1. The second kappa shape index (κ2) is 11.0. The lowest BCUT2D eigenvalue weighted by Gasteiger charge is -2.19. The minimum absolute atomic E-state index is 0.109. The standard InChI is InChI=1S/C32H31N5O3S/c1-32(2,39)30-34-17-26(41-30)28(37-31(38)40-18-19-8-4-3-5-9-19)25-15-22(16-33)35-29(36-25)27-23-12-6-10-20(23)14-21-11-7-13-24(21)27/h3-5,8-9,14-15,17,28,39H,6-7,10-13,18H2,1-2H3,(H,37,38). The molecule has 2 aromatic heterocycles. The number of carbonyl (C=O) groups is 1. The van der Waals surface area contributed by atoms with Gasteiger partial charge in [-0.3, -0.25) is 0 Å². The SMILES string of the molecule is CC(C)(O)c1ncc(C(NC(=O)OCc2ccccc2)c2cc(C#N)nc(-c3c4c(cc5c3CCC5)CCC4)n2)s1. The van der Waals surface area contributed by atoms with Gasteiger partial charge >= 0.3 is 6.09 Å². The van der Waals surface area contributed by atoms with Gasteiger partial charge < -0.3 is 15.2 Å². The van der Waals surface area contributed by atoms with Crippen molar-refractivity contribution in [3.63, 3.8) is 0 Å². The van der Waals surface area contributed by atoms with Crippen LogP contribution in [0.4, 0.5) is 4.79 Å². The Bertz CT molecular complexity index is 1620. The molecule has 8 nitrogen and oxygen atoms in total. The number of hydrogen-bond donors (Lipinski definition) is 2. The zero-order valence-electron chi connectivity index (χ0n) is 23.1. The fourth-order valence-corrected chi connectivity index (χ4v) is 6.73. The molecule has 4 aromatic rings. The fraction of sp³-hybridized carbons (Fsp3) is 0.344. The Labute approximate surface area is 243 Å². The number of aryl methyl sites for hydroxylation is 2.